The Morgan fingerprint density at radius 2 is 1.75 bits per heavy atom. The van der Waals surface area contributed by atoms with E-state index in [1.807, 2.05) is 47.1 Å². The molecule has 1 unspecified atom stereocenters. The van der Waals surface area contributed by atoms with Gasteiger partial charge in [-0.15, -0.1) is 0 Å². The van der Waals surface area contributed by atoms with Gasteiger partial charge in [0.1, 0.15) is 5.69 Å². The maximum Gasteiger partial charge on any atom is 0.273 e. The van der Waals surface area contributed by atoms with Crippen molar-refractivity contribution in [2.45, 2.75) is 51.6 Å². The van der Waals surface area contributed by atoms with Crippen LogP contribution >= 0.6 is 0 Å². The molecule has 1 saturated carbocycles. The van der Waals surface area contributed by atoms with Gasteiger partial charge >= 0.3 is 0 Å². The van der Waals surface area contributed by atoms with Crippen molar-refractivity contribution in [3.05, 3.63) is 47.3 Å². The quantitative estimate of drug-likeness (QED) is 0.825. The first-order valence-corrected chi connectivity index (χ1v) is 10.3. The van der Waals surface area contributed by atoms with E-state index in [4.69, 9.17) is 0 Å². The van der Waals surface area contributed by atoms with Crippen LogP contribution < -0.4 is 0 Å². The summed E-state index contributed by atoms with van der Waals surface area (Å²) in [5.41, 5.74) is 3.58. The molecular formula is C22H26N4O2. The molecule has 2 amide bonds. The van der Waals surface area contributed by atoms with Gasteiger partial charge in [0.05, 0.1) is 17.4 Å². The van der Waals surface area contributed by atoms with Crippen LogP contribution in [0.2, 0.25) is 0 Å². The van der Waals surface area contributed by atoms with Gasteiger partial charge in [-0.3, -0.25) is 9.59 Å². The van der Waals surface area contributed by atoms with Gasteiger partial charge in [-0.05, 0) is 51.7 Å². The number of benzene rings is 1. The molecule has 0 bridgehead atoms. The number of likely N-dealkylation sites (tertiary alicyclic amines) is 1. The topological polar surface area (TPSA) is 58.4 Å². The third-order valence-electron chi connectivity index (χ3n) is 6.48. The van der Waals surface area contributed by atoms with Crippen molar-refractivity contribution in [2.75, 3.05) is 13.1 Å². The van der Waals surface area contributed by atoms with Crippen LogP contribution in [0, 0.1) is 12.8 Å². The minimum atomic E-state index is 0.0237. The van der Waals surface area contributed by atoms with E-state index in [9.17, 15) is 9.59 Å². The number of nitrogens with zero attached hydrogens (tertiary/aromatic N) is 4. The first-order valence-electron chi connectivity index (χ1n) is 10.3. The summed E-state index contributed by atoms with van der Waals surface area (Å²) in [6, 6.07) is 10.1. The van der Waals surface area contributed by atoms with Crippen molar-refractivity contribution in [3.8, 4) is 5.69 Å². The second-order valence-electron chi connectivity index (χ2n) is 8.31. The van der Waals surface area contributed by atoms with Crippen LogP contribution in [0.4, 0.5) is 0 Å². The number of hydrogen-bond donors (Lipinski definition) is 0. The summed E-state index contributed by atoms with van der Waals surface area (Å²) in [5, 5.41) is 4.66. The van der Waals surface area contributed by atoms with Crippen molar-refractivity contribution >= 4 is 11.8 Å². The fourth-order valence-electron chi connectivity index (χ4n) is 4.87. The lowest BCUT2D eigenvalue weighted by molar-refractivity contribution is -0.134. The van der Waals surface area contributed by atoms with Crippen molar-refractivity contribution in [1.82, 2.24) is 19.6 Å². The lowest BCUT2D eigenvalue weighted by Gasteiger charge is -2.39. The Hall–Kier alpha value is -2.63. The average Bonchev–Trinajstić information content (AvgIpc) is 3.46. The number of carbonyl (C=O) groups is 2. The van der Waals surface area contributed by atoms with Gasteiger partial charge < -0.3 is 9.80 Å². The Kier molecular flexibility index (Phi) is 4.03. The molecule has 2 fully saturated rings. The molecule has 146 valence electrons. The summed E-state index contributed by atoms with van der Waals surface area (Å²) in [7, 11) is 0. The number of carbonyl (C=O) groups excluding carboxylic acids is 2. The first-order chi connectivity index (χ1) is 13.6. The van der Waals surface area contributed by atoms with Crippen molar-refractivity contribution in [3.63, 3.8) is 0 Å². The van der Waals surface area contributed by atoms with Crippen molar-refractivity contribution in [2.24, 2.45) is 5.92 Å². The second kappa shape index (κ2) is 6.47. The van der Waals surface area contributed by atoms with Crippen molar-refractivity contribution in [1.29, 1.82) is 0 Å². The van der Waals surface area contributed by atoms with Gasteiger partial charge in [-0.25, -0.2) is 4.68 Å². The van der Waals surface area contributed by atoms with Crippen LogP contribution in [0.3, 0.4) is 0 Å². The van der Waals surface area contributed by atoms with E-state index in [1.54, 1.807) is 4.68 Å². The van der Waals surface area contributed by atoms with Gasteiger partial charge in [0, 0.05) is 30.6 Å². The summed E-state index contributed by atoms with van der Waals surface area (Å²) in [6.45, 7) is 5.62. The smallest absolute Gasteiger partial charge is 0.273 e. The fraction of sp³-hybridized carbons (Fsp3) is 0.500. The van der Waals surface area contributed by atoms with Gasteiger partial charge in [0.15, 0.2) is 0 Å². The van der Waals surface area contributed by atoms with Gasteiger partial charge in [0.25, 0.3) is 5.91 Å². The SMILES string of the molecule is Cc1nn(-c2ccccc2)c2c1C(C)N(C1CCN(C(=O)C3CC3)CC1)C2=O. The Morgan fingerprint density at radius 1 is 1.07 bits per heavy atom. The van der Waals surface area contributed by atoms with Gasteiger partial charge in [-0.2, -0.15) is 5.10 Å². The molecule has 0 spiro atoms. The second-order valence-corrected chi connectivity index (χ2v) is 8.31. The highest BCUT2D eigenvalue weighted by molar-refractivity contribution is 5.98. The monoisotopic (exact) mass is 378 g/mol. The molecule has 1 aliphatic carbocycles. The third kappa shape index (κ3) is 2.65. The maximum atomic E-state index is 13.4. The largest absolute Gasteiger partial charge is 0.342 e. The number of para-hydroxylation sites is 1. The van der Waals surface area contributed by atoms with E-state index in [-0.39, 0.29) is 23.9 Å². The minimum absolute atomic E-state index is 0.0237. The molecule has 0 radical (unpaired) electrons. The summed E-state index contributed by atoms with van der Waals surface area (Å²) in [6.07, 6.45) is 3.81. The molecular weight excluding hydrogens is 352 g/mol. The van der Waals surface area contributed by atoms with Crippen molar-refractivity contribution < 1.29 is 9.59 Å². The lowest BCUT2D eigenvalue weighted by Crippen LogP contribution is -2.48. The minimum Gasteiger partial charge on any atom is -0.342 e. The summed E-state index contributed by atoms with van der Waals surface area (Å²) in [5.74, 6) is 0.657. The lowest BCUT2D eigenvalue weighted by atomic mass is 10.0. The molecule has 6 heteroatoms. The van der Waals surface area contributed by atoms with Crippen LogP contribution in [-0.2, 0) is 4.79 Å². The highest BCUT2D eigenvalue weighted by Gasteiger charge is 2.44. The molecule has 0 N–H and O–H groups in total. The van der Waals surface area contributed by atoms with Crippen LogP contribution in [0.15, 0.2) is 30.3 Å². The number of rotatable bonds is 3. The van der Waals surface area contributed by atoms with Crippen LogP contribution in [0.1, 0.15) is 60.4 Å². The van der Waals surface area contributed by atoms with E-state index in [0.29, 0.717) is 11.6 Å². The summed E-state index contributed by atoms with van der Waals surface area (Å²) in [4.78, 5) is 29.8. The molecule has 2 aliphatic heterocycles. The zero-order chi connectivity index (χ0) is 19.4. The molecule has 3 heterocycles. The Labute approximate surface area is 165 Å². The number of hydrogen-bond acceptors (Lipinski definition) is 3. The molecule has 1 atom stereocenters. The summed E-state index contributed by atoms with van der Waals surface area (Å²) >= 11 is 0. The highest BCUT2D eigenvalue weighted by atomic mass is 16.2. The Balaban J connectivity index is 1.39. The molecule has 1 aromatic carbocycles. The van der Waals surface area contributed by atoms with E-state index < -0.39 is 0 Å². The van der Waals surface area contributed by atoms with E-state index in [1.165, 1.54) is 0 Å². The fourth-order valence-corrected chi connectivity index (χ4v) is 4.87. The van der Waals surface area contributed by atoms with Crippen LogP contribution in [-0.4, -0.2) is 50.5 Å². The number of aryl methyl sites for hydroxylation is 1. The molecule has 6 nitrogen and oxygen atoms in total. The molecule has 28 heavy (non-hydrogen) atoms. The number of fused-ring (bicyclic) bond motifs is 1. The molecule has 1 saturated heterocycles. The zero-order valence-corrected chi connectivity index (χ0v) is 16.5. The first kappa shape index (κ1) is 17.5. The Morgan fingerprint density at radius 3 is 2.39 bits per heavy atom. The summed E-state index contributed by atoms with van der Waals surface area (Å²) < 4.78 is 1.80. The average molecular weight is 378 g/mol. The van der Waals surface area contributed by atoms with E-state index in [2.05, 4.69) is 12.0 Å². The predicted molar refractivity (Wildman–Crippen MR) is 105 cm³/mol. The molecule has 2 aromatic rings. The zero-order valence-electron chi connectivity index (χ0n) is 16.5. The third-order valence-corrected chi connectivity index (χ3v) is 6.48. The van der Waals surface area contributed by atoms with Gasteiger partial charge in [0.2, 0.25) is 5.91 Å². The van der Waals surface area contributed by atoms with E-state index >= 15 is 0 Å². The molecule has 1 aromatic heterocycles. The molecule has 5 rings (SSSR count). The van der Waals surface area contributed by atoms with Crippen LogP contribution in [0.25, 0.3) is 5.69 Å². The van der Waals surface area contributed by atoms with Crippen LogP contribution in [0.5, 0.6) is 0 Å². The number of amides is 2. The normalized spacial score (nSPS) is 22.6. The maximum absolute atomic E-state index is 13.4. The Bertz CT molecular complexity index is 924. The molecule has 3 aliphatic rings. The van der Waals surface area contributed by atoms with E-state index in [0.717, 1.165) is 55.7 Å². The van der Waals surface area contributed by atoms with Gasteiger partial charge in [-0.1, -0.05) is 18.2 Å². The predicted octanol–water partition coefficient (Wildman–Crippen LogP) is 3.10. The highest BCUT2D eigenvalue weighted by Crippen LogP contribution is 2.40. The standard InChI is InChI=1S/C22H26N4O2/c1-14-19-15(2)25(17-10-12-24(13-11-17)21(27)16-8-9-16)22(28)20(19)26(23-14)18-6-4-3-5-7-18/h3-7,15-17H,8-13H2,1-2H3. The number of aromatic nitrogens is 2. The number of piperidine rings is 1.